The van der Waals surface area contributed by atoms with Gasteiger partial charge >= 0.3 is 11.9 Å². The number of carbonyl (C=O) groups is 2. The van der Waals surface area contributed by atoms with Crippen LogP contribution in [-0.4, -0.2) is 25.2 Å². The summed E-state index contributed by atoms with van der Waals surface area (Å²) in [6.07, 6.45) is 3.97. The molecular weight excluding hydrogens is 376 g/mol. The SMILES string of the molecule is Cc1ccc(C(=O)OCC2CCC(COC(=O)c3ccc(C)cc3C)CC2)c(C)c1. The normalized spacial score (nSPS) is 18.7. The molecule has 2 aromatic rings. The predicted molar refractivity (Wildman–Crippen MR) is 118 cm³/mol. The largest absolute Gasteiger partial charge is 0.462 e. The number of carbonyl (C=O) groups excluding carboxylic acids is 2. The van der Waals surface area contributed by atoms with E-state index in [0.717, 1.165) is 47.9 Å². The number of hydrogen-bond acceptors (Lipinski definition) is 4. The zero-order valence-electron chi connectivity index (χ0n) is 18.5. The second-order valence-electron chi connectivity index (χ2n) is 8.72. The van der Waals surface area contributed by atoms with E-state index >= 15 is 0 Å². The average molecular weight is 409 g/mol. The van der Waals surface area contributed by atoms with Crippen LogP contribution in [0.1, 0.15) is 68.7 Å². The number of rotatable bonds is 6. The molecule has 0 amide bonds. The average Bonchev–Trinajstić information content (AvgIpc) is 2.71. The molecule has 1 aliphatic carbocycles. The number of aryl methyl sites for hydroxylation is 4. The Hall–Kier alpha value is -2.62. The van der Waals surface area contributed by atoms with Gasteiger partial charge < -0.3 is 9.47 Å². The van der Waals surface area contributed by atoms with Gasteiger partial charge in [-0.05, 0) is 88.5 Å². The van der Waals surface area contributed by atoms with Crippen LogP contribution in [0.4, 0.5) is 0 Å². The highest BCUT2D eigenvalue weighted by molar-refractivity contribution is 5.91. The van der Waals surface area contributed by atoms with Crippen molar-refractivity contribution in [2.45, 2.75) is 53.4 Å². The van der Waals surface area contributed by atoms with Crippen LogP contribution >= 0.6 is 0 Å². The van der Waals surface area contributed by atoms with Crippen molar-refractivity contribution in [3.8, 4) is 0 Å². The first-order valence-corrected chi connectivity index (χ1v) is 10.8. The summed E-state index contributed by atoms with van der Waals surface area (Å²) in [4.78, 5) is 24.7. The molecule has 0 spiro atoms. The maximum Gasteiger partial charge on any atom is 0.338 e. The molecule has 1 fully saturated rings. The summed E-state index contributed by atoms with van der Waals surface area (Å²) < 4.78 is 11.2. The molecule has 4 nitrogen and oxygen atoms in total. The minimum atomic E-state index is -0.239. The van der Waals surface area contributed by atoms with Gasteiger partial charge in [0.1, 0.15) is 0 Å². The first kappa shape index (κ1) is 22.1. The van der Waals surface area contributed by atoms with Crippen LogP contribution < -0.4 is 0 Å². The van der Waals surface area contributed by atoms with Gasteiger partial charge in [0.25, 0.3) is 0 Å². The van der Waals surface area contributed by atoms with Crippen LogP contribution in [0, 0.1) is 39.5 Å². The van der Waals surface area contributed by atoms with E-state index in [1.807, 2.05) is 64.1 Å². The van der Waals surface area contributed by atoms with Crippen LogP contribution in [0.5, 0.6) is 0 Å². The third-order valence-corrected chi connectivity index (χ3v) is 6.07. The molecule has 0 radical (unpaired) electrons. The standard InChI is InChI=1S/C26H32O4/c1-17-5-11-23(19(3)13-17)25(27)29-15-21-7-9-22(10-8-21)16-30-26(28)24-12-6-18(2)14-20(24)4/h5-6,11-14,21-22H,7-10,15-16H2,1-4H3. The molecule has 2 aromatic carbocycles. The molecule has 30 heavy (non-hydrogen) atoms. The third-order valence-electron chi connectivity index (χ3n) is 6.07. The molecule has 0 aliphatic heterocycles. The van der Waals surface area contributed by atoms with Gasteiger partial charge in [-0.25, -0.2) is 9.59 Å². The zero-order valence-corrected chi connectivity index (χ0v) is 18.5. The predicted octanol–water partition coefficient (Wildman–Crippen LogP) is 5.74. The lowest BCUT2D eigenvalue weighted by Gasteiger charge is -2.28. The van der Waals surface area contributed by atoms with Crippen molar-refractivity contribution in [1.29, 1.82) is 0 Å². The lowest BCUT2D eigenvalue weighted by Crippen LogP contribution is -2.24. The molecule has 1 saturated carbocycles. The van der Waals surface area contributed by atoms with Crippen LogP contribution in [0.2, 0.25) is 0 Å². The van der Waals surface area contributed by atoms with Crippen molar-refractivity contribution >= 4 is 11.9 Å². The highest BCUT2D eigenvalue weighted by atomic mass is 16.5. The van der Waals surface area contributed by atoms with Gasteiger partial charge in [0.05, 0.1) is 24.3 Å². The lowest BCUT2D eigenvalue weighted by molar-refractivity contribution is 0.0296. The Kier molecular flexibility index (Phi) is 7.30. The molecule has 0 atom stereocenters. The number of hydrogen-bond donors (Lipinski definition) is 0. The molecule has 1 aliphatic rings. The Labute approximate surface area is 179 Å². The number of ether oxygens (including phenoxy) is 2. The molecule has 0 saturated heterocycles. The van der Waals surface area contributed by atoms with E-state index in [1.54, 1.807) is 0 Å². The summed E-state index contributed by atoms with van der Waals surface area (Å²) in [6, 6.07) is 11.6. The van der Waals surface area contributed by atoms with E-state index in [-0.39, 0.29) is 11.9 Å². The van der Waals surface area contributed by atoms with Gasteiger partial charge in [0.15, 0.2) is 0 Å². The van der Waals surface area contributed by atoms with E-state index < -0.39 is 0 Å². The number of esters is 2. The Morgan fingerprint density at radius 3 is 1.40 bits per heavy atom. The molecular formula is C26H32O4. The molecule has 0 unspecified atom stereocenters. The van der Waals surface area contributed by atoms with Crippen molar-refractivity contribution < 1.29 is 19.1 Å². The maximum atomic E-state index is 12.4. The Bertz CT molecular complexity index is 832. The van der Waals surface area contributed by atoms with Gasteiger partial charge in [0, 0.05) is 0 Å². The van der Waals surface area contributed by atoms with E-state index in [1.165, 1.54) is 0 Å². The monoisotopic (exact) mass is 408 g/mol. The molecule has 0 aromatic heterocycles. The van der Waals surface area contributed by atoms with Crippen molar-refractivity contribution in [2.75, 3.05) is 13.2 Å². The van der Waals surface area contributed by atoms with E-state index in [0.29, 0.717) is 36.2 Å². The molecule has 0 bridgehead atoms. The summed E-state index contributed by atoms with van der Waals surface area (Å²) in [5.74, 6) is 0.283. The van der Waals surface area contributed by atoms with Gasteiger partial charge in [0.2, 0.25) is 0 Å². The molecule has 4 heteroatoms. The first-order valence-electron chi connectivity index (χ1n) is 10.8. The minimum absolute atomic E-state index is 0.239. The van der Waals surface area contributed by atoms with Crippen LogP contribution in [0.25, 0.3) is 0 Å². The van der Waals surface area contributed by atoms with Gasteiger partial charge in [-0.1, -0.05) is 35.4 Å². The summed E-state index contributed by atoms with van der Waals surface area (Å²) in [5, 5.41) is 0. The topological polar surface area (TPSA) is 52.6 Å². The Balaban J connectivity index is 1.40. The Morgan fingerprint density at radius 2 is 1.07 bits per heavy atom. The van der Waals surface area contributed by atoms with E-state index in [4.69, 9.17) is 9.47 Å². The van der Waals surface area contributed by atoms with Crippen molar-refractivity contribution in [1.82, 2.24) is 0 Å². The second-order valence-corrected chi connectivity index (χ2v) is 8.72. The molecule has 0 N–H and O–H groups in total. The fraction of sp³-hybridized carbons (Fsp3) is 0.462. The molecule has 160 valence electrons. The fourth-order valence-corrected chi connectivity index (χ4v) is 4.19. The summed E-state index contributed by atoms with van der Waals surface area (Å²) in [7, 11) is 0. The van der Waals surface area contributed by atoms with Crippen LogP contribution in [-0.2, 0) is 9.47 Å². The highest BCUT2D eigenvalue weighted by Gasteiger charge is 2.24. The molecule has 3 rings (SSSR count). The van der Waals surface area contributed by atoms with Gasteiger partial charge in [-0.2, -0.15) is 0 Å². The van der Waals surface area contributed by atoms with Crippen molar-refractivity contribution in [2.24, 2.45) is 11.8 Å². The summed E-state index contributed by atoms with van der Waals surface area (Å²) >= 11 is 0. The highest BCUT2D eigenvalue weighted by Crippen LogP contribution is 2.30. The van der Waals surface area contributed by atoms with Crippen LogP contribution in [0.3, 0.4) is 0 Å². The van der Waals surface area contributed by atoms with Crippen molar-refractivity contribution in [3.05, 3.63) is 69.8 Å². The minimum Gasteiger partial charge on any atom is -0.462 e. The van der Waals surface area contributed by atoms with E-state index in [2.05, 4.69) is 0 Å². The smallest absolute Gasteiger partial charge is 0.338 e. The zero-order chi connectivity index (χ0) is 21.7. The first-order chi connectivity index (χ1) is 14.3. The molecule has 0 heterocycles. The second kappa shape index (κ2) is 9.92. The summed E-state index contributed by atoms with van der Waals surface area (Å²) in [6.45, 7) is 8.82. The van der Waals surface area contributed by atoms with E-state index in [9.17, 15) is 9.59 Å². The number of benzene rings is 2. The maximum absolute atomic E-state index is 12.4. The summed E-state index contributed by atoms with van der Waals surface area (Å²) in [5.41, 5.74) is 5.48. The van der Waals surface area contributed by atoms with Gasteiger partial charge in [-0.3, -0.25) is 0 Å². The fourth-order valence-electron chi connectivity index (χ4n) is 4.19. The Morgan fingerprint density at radius 1 is 0.700 bits per heavy atom. The quantitative estimate of drug-likeness (QED) is 0.572. The third kappa shape index (κ3) is 5.71. The lowest BCUT2D eigenvalue weighted by atomic mass is 9.83. The van der Waals surface area contributed by atoms with Gasteiger partial charge in [-0.15, -0.1) is 0 Å². The van der Waals surface area contributed by atoms with Crippen molar-refractivity contribution in [3.63, 3.8) is 0 Å². The van der Waals surface area contributed by atoms with Crippen LogP contribution in [0.15, 0.2) is 36.4 Å².